The number of hydrogen-bond donors (Lipinski definition) is 1. The molecule has 1 aliphatic heterocycles. The Hall–Kier alpha value is -2.53. The predicted molar refractivity (Wildman–Crippen MR) is 115 cm³/mol. The molecule has 0 aliphatic carbocycles. The van der Waals surface area contributed by atoms with Crippen LogP contribution in [-0.4, -0.2) is 52.7 Å². The molecule has 1 aliphatic rings. The minimum atomic E-state index is 0.682. The van der Waals surface area contributed by atoms with E-state index in [0.29, 0.717) is 5.92 Å². The number of quaternary nitrogens is 1. The van der Waals surface area contributed by atoms with Crippen molar-refractivity contribution in [1.82, 2.24) is 15.0 Å². The third kappa shape index (κ3) is 3.47. The summed E-state index contributed by atoms with van der Waals surface area (Å²) in [5.74, 6) is 1.45. The van der Waals surface area contributed by atoms with E-state index in [0.717, 1.165) is 28.1 Å². The first-order valence-corrected chi connectivity index (χ1v) is 10.4. The third-order valence-electron chi connectivity index (χ3n) is 6.62. The molecule has 1 aromatic carbocycles. The van der Waals surface area contributed by atoms with Gasteiger partial charge in [0, 0.05) is 37.8 Å². The Kier molecular flexibility index (Phi) is 5.27. The minimum Gasteiger partial charge on any atom is -0.371 e. The lowest BCUT2D eigenvalue weighted by molar-refractivity contribution is -0.929. The van der Waals surface area contributed by atoms with Crippen molar-refractivity contribution in [1.29, 1.82) is 0 Å². The molecule has 146 valence electrons. The van der Waals surface area contributed by atoms with Crippen molar-refractivity contribution < 1.29 is 4.48 Å². The SMILES string of the molecule is CC[N+]1(CC)CCC(c2ccc(-c3cc4nccnc4c(NC)n3)cc2)CC1. The number of piperidine rings is 1. The van der Waals surface area contributed by atoms with Gasteiger partial charge in [0.25, 0.3) is 0 Å². The van der Waals surface area contributed by atoms with Crippen LogP contribution in [0.1, 0.15) is 38.2 Å². The maximum atomic E-state index is 4.76. The molecule has 28 heavy (non-hydrogen) atoms. The summed E-state index contributed by atoms with van der Waals surface area (Å²) < 4.78 is 1.28. The largest absolute Gasteiger partial charge is 0.371 e. The molecule has 5 heteroatoms. The number of likely N-dealkylation sites (tertiary alicyclic amines) is 1. The highest BCUT2D eigenvalue weighted by Crippen LogP contribution is 2.33. The first kappa shape index (κ1) is 18.8. The van der Waals surface area contributed by atoms with Gasteiger partial charge in [0.2, 0.25) is 0 Å². The van der Waals surface area contributed by atoms with Gasteiger partial charge in [-0.1, -0.05) is 24.3 Å². The standard InChI is InChI=1S/C23H30N5/c1-4-28(5-2)14-10-18(11-15-28)17-6-8-19(9-7-17)20-16-21-22(23(24-3)27-20)26-13-12-25-21/h6-9,12-13,16,18H,4-5,10-11,14-15H2,1-3H3,(H,24,27)/q+1. The zero-order valence-electron chi connectivity index (χ0n) is 17.2. The first-order valence-electron chi connectivity index (χ1n) is 10.4. The van der Waals surface area contributed by atoms with Gasteiger partial charge >= 0.3 is 0 Å². The number of fused-ring (bicyclic) bond motifs is 1. The Morgan fingerprint density at radius 3 is 2.32 bits per heavy atom. The molecule has 3 heterocycles. The zero-order valence-corrected chi connectivity index (χ0v) is 17.2. The lowest BCUT2D eigenvalue weighted by atomic mass is 9.87. The summed E-state index contributed by atoms with van der Waals surface area (Å²) in [6.45, 7) is 9.78. The number of hydrogen-bond acceptors (Lipinski definition) is 4. The van der Waals surface area contributed by atoms with E-state index in [-0.39, 0.29) is 0 Å². The van der Waals surface area contributed by atoms with Gasteiger partial charge in [-0.25, -0.2) is 9.97 Å². The summed E-state index contributed by atoms with van der Waals surface area (Å²) in [5, 5.41) is 3.15. The highest BCUT2D eigenvalue weighted by atomic mass is 15.3. The molecule has 0 saturated carbocycles. The van der Waals surface area contributed by atoms with Crippen molar-refractivity contribution in [3.05, 3.63) is 48.3 Å². The van der Waals surface area contributed by atoms with E-state index in [1.807, 2.05) is 13.1 Å². The highest BCUT2D eigenvalue weighted by molar-refractivity contribution is 5.88. The fraction of sp³-hybridized carbons (Fsp3) is 0.435. The number of benzene rings is 1. The summed E-state index contributed by atoms with van der Waals surface area (Å²) in [4.78, 5) is 13.6. The quantitative estimate of drug-likeness (QED) is 0.668. The second-order valence-corrected chi connectivity index (χ2v) is 7.85. The van der Waals surface area contributed by atoms with Crippen molar-refractivity contribution in [2.75, 3.05) is 38.5 Å². The summed E-state index contributed by atoms with van der Waals surface area (Å²) in [6.07, 6.45) is 6.00. The Morgan fingerprint density at radius 1 is 1.00 bits per heavy atom. The van der Waals surface area contributed by atoms with Crippen molar-refractivity contribution >= 4 is 16.9 Å². The van der Waals surface area contributed by atoms with Gasteiger partial charge in [0.1, 0.15) is 5.52 Å². The van der Waals surface area contributed by atoms with Gasteiger partial charge in [0.15, 0.2) is 5.82 Å². The van der Waals surface area contributed by atoms with Crippen LogP contribution < -0.4 is 5.32 Å². The van der Waals surface area contributed by atoms with E-state index in [1.54, 1.807) is 12.4 Å². The average Bonchev–Trinajstić information content (AvgIpc) is 2.78. The lowest BCUT2D eigenvalue weighted by Crippen LogP contribution is -2.52. The van der Waals surface area contributed by atoms with Crippen LogP contribution in [0.25, 0.3) is 22.3 Å². The molecule has 1 fully saturated rings. The van der Waals surface area contributed by atoms with Crippen LogP contribution in [0.4, 0.5) is 5.82 Å². The molecular weight excluding hydrogens is 346 g/mol. The molecule has 0 atom stereocenters. The third-order valence-corrected chi connectivity index (χ3v) is 6.62. The van der Waals surface area contributed by atoms with Crippen LogP contribution >= 0.6 is 0 Å². The van der Waals surface area contributed by atoms with Crippen LogP contribution in [0.2, 0.25) is 0 Å². The fourth-order valence-corrected chi connectivity index (χ4v) is 4.53. The minimum absolute atomic E-state index is 0.682. The van der Waals surface area contributed by atoms with E-state index >= 15 is 0 Å². The molecule has 1 N–H and O–H groups in total. The smallest absolute Gasteiger partial charge is 0.154 e. The second-order valence-electron chi connectivity index (χ2n) is 7.85. The summed E-state index contributed by atoms with van der Waals surface area (Å²) >= 11 is 0. The summed E-state index contributed by atoms with van der Waals surface area (Å²) in [7, 11) is 1.87. The monoisotopic (exact) mass is 376 g/mol. The number of nitrogens with one attached hydrogen (secondary N) is 1. The Morgan fingerprint density at radius 2 is 1.68 bits per heavy atom. The van der Waals surface area contributed by atoms with E-state index < -0.39 is 0 Å². The fourth-order valence-electron chi connectivity index (χ4n) is 4.53. The molecule has 1 saturated heterocycles. The van der Waals surface area contributed by atoms with Crippen LogP contribution in [-0.2, 0) is 0 Å². The van der Waals surface area contributed by atoms with Gasteiger partial charge in [-0.3, -0.25) is 4.98 Å². The first-order chi connectivity index (χ1) is 13.7. The summed E-state index contributed by atoms with van der Waals surface area (Å²) in [6, 6.07) is 11.0. The van der Waals surface area contributed by atoms with Gasteiger partial charge in [-0.15, -0.1) is 0 Å². The van der Waals surface area contributed by atoms with Gasteiger partial charge in [-0.2, -0.15) is 0 Å². The highest BCUT2D eigenvalue weighted by Gasteiger charge is 2.31. The van der Waals surface area contributed by atoms with Gasteiger partial charge < -0.3 is 9.80 Å². The topological polar surface area (TPSA) is 50.7 Å². The van der Waals surface area contributed by atoms with E-state index in [9.17, 15) is 0 Å². The Balaban J connectivity index is 1.57. The maximum absolute atomic E-state index is 4.76. The number of anilines is 1. The summed E-state index contributed by atoms with van der Waals surface area (Å²) in [5.41, 5.74) is 5.18. The van der Waals surface area contributed by atoms with Gasteiger partial charge in [0.05, 0.1) is 37.4 Å². The van der Waals surface area contributed by atoms with E-state index in [2.05, 4.69) is 53.4 Å². The lowest BCUT2D eigenvalue weighted by Gasteiger charge is -2.42. The molecule has 0 radical (unpaired) electrons. The molecule has 5 nitrogen and oxygen atoms in total. The van der Waals surface area contributed by atoms with Crippen LogP contribution in [0.5, 0.6) is 0 Å². The Bertz CT molecular complexity index is 937. The average molecular weight is 377 g/mol. The number of nitrogens with zero attached hydrogens (tertiary/aromatic N) is 4. The molecule has 2 aromatic heterocycles. The molecule has 3 aromatic rings. The van der Waals surface area contributed by atoms with Gasteiger partial charge in [-0.05, 0) is 31.4 Å². The molecule has 0 spiro atoms. The molecule has 0 amide bonds. The van der Waals surface area contributed by atoms with Crippen LogP contribution in [0.3, 0.4) is 0 Å². The predicted octanol–water partition coefficient (Wildman–Crippen LogP) is 4.47. The van der Waals surface area contributed by atoms with E-state index in [1.165, 1.54) is 49.1 Å². The number of aromatic nitrogens is 3. The maximum Gasteiger partial charge on any atom is 0.154 e. The second kappa shape index (κ2) is 7.84. The molecule has 0 bridgehead atoms. The zero-order chi connectivity index (χ0) is 19.6. The Labute approximate surface area is 167 Å². The number of pyridine rings is 1. The normalized spacial score (nSPS) is 17.0. The molecule has 0 unspecified atom stereocenters. The van der Waals surface area contributed by atoms with Crippen LogP contribution in [0.15, 0.2) is 42.7 Å². The van der Waals surface area contributed by atoms with E-state index in [4.69, 9.17) is 4.98 Å². The number of rotatable bonds is 5. The molecular formula is C23H30N5+. The molecule has 4 rings (SSSR count). The van der Waals surface area contributed by atoms with Crippen molar-refractivity contribution in [2.24, 2.45) is 0 Å². The van der Waals surface area contributed by atoms with Crippen LogP contribution in [0, 0.1) is 0 Å². The van der Waals surface area contributed by atoms with Crippen molar-refractivity contribution in [3.63, 3.8) is 0 Å². The van der Waals surface area contributed by atoms with Crippen molar-refractivity contribution in [2.45, 2.75) is 32.6 Å². The van der Waals surface area contributed by atoms with Crippen molar-refractivity contribution in [3.8, 4) is 11.3 Å².